The van der Waals surface area contributed by atoms with Gasteiger partial charge in [0.15, 0.2) is 0 Å². The molecular formula is C26H27N3O2. The van der Waals surface area contributed by atoms with E-state index in [1.165, 1.54) is 17.5 Å². The van der Waals surface area contributed by atoms with Gasteiger partial charge in [-0.05, 0) is 54.8 Å². The molecule has 31 heavy (non-hydrogen) atoms. The highest BCUT2D eigenvalue weighted by molar-refractivity contribution is 5.76. The molecule has 5 heteroatoms. The van der Waals surface area contributed by atoms with Gasteiger partial charge in [0.25, 0.3) is 0 Å². The van der Waals surface area contributed by atoms with Gasteiger partial charge in [-0.1, -0.05) is 42.5 Å². The summed E-state index contributed by atoms with van der Waals surface area (Å²) in [7, 11) is 1.69. The van der Waals surface area contributed by atoms with Crippen LogP contribution in [-0.4, -0.2) is 28.5 Å². The fraction of sp³-hybridized carbons (Fsp3) is 0.269. The molecule has 0 saturated carbocycles. The van der Waals surface area contributed by atoms with Crippen LogP contribution in [-0.2, 0) is 13.2 Å². The molecule has 1 saturated heterocycles. The van der Waals surface area contributed by atoms with E-state index in [1.807, 2.05) is 36.4 Å². The Hall–Kier alpha value is -3.31. The smallest absolute Gasteiger partial charge is 0.121 e. The highest BCUT2D eigenvalue weighted by atomic mass is 16.5. The molecule has 1 atom stereocenters. The van der Waals surface area contributed by atoms with Crippen LogP contribution in [0.15, 0.2) is 72.8 Å². The molecule has 1 fully saturated rings. The molecule has 1 unspecified atom stereocenters. The van der Waals surface area contributed by atoms with E-state index in [4.69, 9.17) is 14.5 Å². The summed E-state index contributed by atoms with van der Waals surface area (Å²) in [6.07, 6.45) is 2.36. The summed E-state index contributed by atoms with van der Waals surface area (Å²) < 4.78 is 11.3. The van der Waals surface area contributed by atoms with Crippen molar-refractivity contribution in [3.8, 4) is 11.5 Å². The van der Waals surface area contributed by atoms with Crippen LogP contribution < -0.4 is 9.47 Å². The number of nitrogens with zero attached hydrogens (tertiary/aromatic N) is 2. The predicted octanol–water partition coefficient (Wildman–Crippen LogP) is 5.49. The Balaban J connectivity index is 1.25. The first kappa shape index (κ1) is 19.6. The Kier molecular flexibility index (Phi) is 5.59. The SMILES string of the molecule is COc1ccc2nc(CN3CCCC3c3ccc(OCc4ccccc4)cc3)[nH]c2c1. The fourth-order valence-corrected chi connectivity index (χ4v) is 4.36. The first-order valence-electron chi connectivity index (χ1n) is 10.8. The average Bonchev–Trinajstić information content (AvgIpc) is 3.44. The lowest BCUT2D eigenvalue weighted by atomic mass is 10.0. The Bertz CT molecular complexity index is 1140. The zero-order chi connectivity index (χ0) is 21.0. The van der Waals surface area contributed by atoms with Gasteiger partial charge in [-0.3, -0.25) is 4.90 Å². The number of hydrogen-bond donors (Lipinski definition) is 1. The lowest BCUT2D eigenvalue weighted by Gasteiger charge is -2.24. The molecule has 0 aliphatic carbocycles. The average molecular weight is 414 g/mol. The second-order valence-electron chi connectivity index (χ2n) is 8.04. The second-order valence-corrected chi connectivity index (χ2v) is 8.04. The summed E-state index contributed by atoms with van der Waals surface area (Å²) in [5, 5.41) is 0. The molecule has 0 bridgehead atoms. The summed E-state index contributed by atoms with van der Waals surface area (Å²) in [6, 6.07) is 25.2. The number of likely N-dealkylation sites (tertiary alicyclic amines) is 1. The van der Waals surface area contributed by atoms with Gasteiger partial charge < -0.3 is 14.5 Å². The third-order valence-electron chi connectivity index (χ3n) is 5.97. The van der Waals surface area contributed by atoms with E-state index in [9.17, 15) is 0 Å². The van der Waals surface area contributed by atoms with Crippen molar-refractivity contribution >= 4 is 11.0 Å². The first-order chi connectivity index (χ1) is 15.3. The molecule has 4 aromatic rings. The highest BCUT2D eigenvalue weighted by Gasteiger charge is 2.26. The van der Waals surface area contributed by atoms with E-state index in [2.05, 4.69) is 46.3 Å². The minimum Gasteiger partial charge on any atom is -0.497 e. The van der Waals surface area contributed by atoms with E-state index >= 15 is 0 Å². The van der Waals surface area contributed by atoms with E-state index in [0.717, 1.165) is 47.9 Å². The topological polar surface area (TPSA) is 50.4 Å². The molecular weight excluding hydrogens is 386 g/mol. The Labute approximate surface area is 182 Å². The molecule has 2 heterocycles. The first-order valence-corrected chi connectivity index (χ1v) is 10.8. The second kappa shape index (κ2) is 8.82. The van der Waals surface area contributed by atoms with Crippen LogP contribution in [0.4, 0.5) is 0 Å². The van der Waals surface area contributed by atoms with Gasteiger partial charge in [-0.2, -0.15) is 0 Å². The van der Waals surface area contributed by atoms with Crippen molar-refractivity contribution in [1.29, 1.82) is 0 Å². The van der Waals surface area contributed by atoms with Crippen molar-refractivity contribution in [3.63, 3.8) is 0 Å². The maximum Gasteiger partial charge on any atom is 0.121 e. The number of methoxy groups -OCH3 is 1. The Morgan fingerprint density at radius 1 is 1.00 bits per heavy atom. The standard InChI is InChI=1S/C26H27N3O2/c1-30-22-13-14-23-24(16-22)28-26(27-23)17-29-15-5-8-25(29)20-9-11-21(12-10-20)31-18-19-6-3-2-4-7-19/h2-4,6-7,9-14,16,25H,5,8,15,17-18H2,1H3,(H,27,28). The number of imidazole rings is 1. The highest BCUT2D eigenvalue weighted by Crippen LogP contribution is 2.34. The van der Waals surface area contributed by atoms with Crippen molar-refractivity contribution in [2.24, 2.45) is 0 Å². The number of aromatic amines is 1. The zero-order valence-corrected chi connectivity index (χ0v) is 17.8. The van der Waals surface area contributed by atoms with E-state index < -0.39 is 0 Å². The summed E-state index contributed by atoms with van der Waals surface area (Å²) in [4.78, 5) is 10.7. The van der Waals surface area contributed by atoms with Crippen LogP contribution in [0.3, 0.4) is 0 Å². The summed E-state index contributed by atoms with van der Waals surface area (Å²) >= 11 is 0. The molecule has 158 valence electrons. The van der Waals surface area contributed by atoms with Gasteiger partial charge in [0.05, 0.1) is 24.7 Å². The minimum atomic E-state index is 0.408. The molecule has 5 nitrogen and oxygen atoms in total. The number of rotatable bonds is 7. The number of benzene rings is 3. The molecule has 1 aliphatic heterocycles. The van der Waals surface area contributed by atoms with E-state index in [1.54, 1.807) is 7.11 Å². The third kappa shape index (κ3) is 4.42. The van der Waals surface area contributed by atoms with Gasteiger partial charge >= 0.3 is 0 Å². The summed E-state index contributed by atoms with van der Waals surface area (Å²) in [6.45, 7) is 2.48. The number of hydrogen-bond acceptors (Lipinski definition) is 4. The number of ether oxygens (including phenoxy) is 2. The van der Waals surface area contributed by atoms with Crippen molar-refractivity contribution < 1.29 is 9.47 Å². The van der Waals surface area contributed by atoms with Crippen molar-refractivity contribution in [2.45, 2.75) is 32.0 Å². The van der Waals surface area contributed by atoms with Crippen LogP contribution in [0.5, 0.6) is 11.5 Å². The molecule has 3 aromatic carbocycles. The van der Waals surface area contributed by atoms with Gasteiger partial charge in [-0.25, -0.2) is 4.98 Å². The maximum atomic E-state index is 5.95. The van der Waals surface area contributed by atoms with Crippen LogP contribution in [0.2, 0.25) is 0 Å². The number of nitrogens with one attached hydrogen (secondary N) is 1. The Morgan fingerprint density at radius 2 is 1.81 bits per heavy atom. The predicted molar refractivity (Wildman–Crippen MR) is 122 cm³/mol. The lowest BCUT2D eigenvalue weighted by Crippen LogP contribution is -2.23. The molecule has 0 spiro atoms. The lowest BCUT2D eigenvalue weighted by molar-refractivity contribution is 0.243. The fourth-order valence-electron chi connectivity index (χ4n) is 4.36. The van der Waals surface area contributed by atoms with Crippen LogP contribution in [0.25, 0.3) is 11.0 Å². The minimum absolute atomic E-state index is 0.408. The molecule has 5 rings (SSSR count). The summed E-state index contributed by atoms with van der Waals surface area (Å²) in [5.41, 5.74) is 4.51. The van der Waals surface area contributed by atoms with Gasteiger partial charge in [-0.15, -0.1) is 0 Å². The zero-order valence-electron chi connectivity index (χ0n) is 17.8. The molecule has 1 N–H and O–H groups in total. The number of fused-ring (bicyclic) bond motifs is 1. The van der Waals surface area contributed by atoms with Crippen molar-refractivity contribution in [2.75, 3.05) is 13.7 Å². The van der Waals surface area contributed by atoms with E-state index in [-0.39, 0.29) is 0 Å². The van der Waals surface area contributed by atoms with Crippen molar-refractivity contribution in [3.05, 3.63) is 89.7 Å². The number of H-pyrrole nitrogens is 1. The van der Waals surface area contributed by atoms with Crippen LogP contribution in [0, 0.1) is 0 Å². The summed E-state index contributed by atoms with van der Waals surface area (Å²) in [5.74, 6) is 2.75. The van der Waals surface area contributed by atoms with E-state index in [0.29, 0.717) is 12.6 Å². The molecule has 0 amide bonds. The Morgan fingerprint density at radius 3 is 2.61 bits per heavy atom. The van der Waals surface area contributed by atoms with Gasteiger partial charge in [0.2, 0.25) is 0 Å². The normalized spacial score (nSPS) is 16.6. The molecule has 1 aliphatic rings. The van der Waals surface area contributed by atoms with Crippen LogP contribution in [0.1, 0.15) is 35.8 Å². The molecule has 1 aromatic heterocycles. The maximum absolute atomic E-state index is 5.95. The molecule has 0 radical (unpaired) electrons. The van der Waals surface area contributed by atoms with Crippen molar-refractivity contribution in [1.82, 2.24) is 14.9 Å². The quantitative estimate of drug-likeness (QED) is 0.435. The number of aromatic nitrogens is 2. The van der Waals surface area contributed by atoms with Gasteiger partial charge in [0.1, 0.15) is 23.9 Å². The van der Waals surface area contributed by atoms with Crippen LogP contribution >= 0.6 is 0 Å². The van der Waals surface area contributed by atoms with Gasteiger partial charge in [0, 0.05) is 12.1 Å². The third-order valence-corrected chi connectivity index (χ3v) is 5.97. The monoisotopic (exact) mass is 413 g/mol. The largest absolute Gasteiger partial charge is 0.497 e.